The zero-order valence-electron chi connectivity index (χ0n) is 9.99. The molecule has 2 nitrogen and oxygen atoms in total. The van der Waals surface area contributed by atoms with Crippen molar-refractivity contribution in [1.82, 2.24) is 4.90 Å². The lowest BCUT2D eigenvalue weighted by Crippen LogP contribution is -2.27. The van der Waals surface area contributed by atoms with E-state index in [1.807, 2.05) is 12.1 Å². The zero-order chi connectivity index (χ0) is 13.0. The van der Waals surface area contributed by atoms with Gasteiger partial charge in [0.05, 0.1) is 5.56 Å². The number of terminal acetylenes is 1. The Kier molecular flexibility index (Phi) is 4.46. The number of ether oxygens (including phenoxy) is 1. The molecule has 18 heavy (non-hydrogen) atoms. The van der Waals surface area contributed by atoms with E-state index in [1.54, 1.807) is 6.07 Å². The minimum Gasteiger partial charge on any atom is -0.480 e. The van der Waals surface area contributed by atoms with Gasteiger partial charge in [-0.2, -0.15) is 0 Å². The standard InChI is InChI=1S/C14H14ClNOS/c1-2-9-17-13-6-5-11(15)10-12(13)14(18)16-7-3-4-8-16/h1,5-6,10H,3-4,7-9H2. The lowest BCUT2D eigenvalue weighted by molar-refractivity contribution is 0.368. The molecule has 1 aliphatic heterocycles. The van der Waals surface area contributed by atoms with Crippen LogP contribution in [-0.2, 0) is 0 Å². The second-order valence-electron chi connectivity index (χ2n) is 4.13. The molecule has 0 radical (unpaired) electrons. The Labute approximate surface area is 118 Å². The second-order valence-corrected chi connectivity index (χ2v) is 4.96. The molecule has 1 fully saturated rings. The molecule has 0 N–H and O–H groups in total. The first-order chi connectivity index (χ1) is 8.72. The summed E-state index contributed by atoms with van der Waals surface area (Å²) in [7, 11) is 0. The number of thiocarbonyl (C=S) groups is 1. The highest BCUT2D eigenvalue weighted by molar-refractivity contribution is 7.80. The Morgan fingerprint density at radius 2 is 2.17 bits per heavy atom. The van der Waals surface area contributed by atoms with Crippen LogP contribution in [0.2, 0.25) is 5.02 Å². The summed E-state index contributed by atoms with van der Waals surface area (Å²) in [5.41, 5.74) is 0.856. The van der Waals surface area contributed by atoms with Crippen LogP contribution in [0, 0.1) is 12.3 Å². The van der Waals surface area contributed by atoms with Gasteiger partial charge in [-0.15, -0.1) is 6.42 Å². The van der Waals surface area contributed by atoms with Crippen LogP contribution in [0.5, 0.6) is 5.75 Å². The van der Waals surface area contributed by atoms with E-state index in [4.69, 9.17) is 35.0 Å². The van der Waals surface area contributed by atoms with E-state index in [2.05, 4.69) is 10.8 Å². The van der Waals surface area contributed by atoms with Crippen LogP contribution in [0.3, 0.4) is 0 Å². The van der Waals surface area contributed by atoms with Crippen LogP contribution in [0.25, 0.3) is 0 Å². The third-order valence-electron chi connectivity index (χ3n) is 2.88. The smallest absolute Gasteiger partial charge is 0.148 e. The van der Waals surface area contributed by atoms with E-state index >= 15 is 0 Å². The summed E-state index contributed by atoms with van der Waals surface area (Å²) in [6.07, 6.45) is 7.57. The maximum Gasteiger partial charge on any atom is 0.148 e. The van der Waals surface area contributed by atoms with E-state index in [0.29, 0.717) is 10.8 Å². The molecular formula is C14H14ClNOS. The Balaban J connectivity index is 2.26. The third kappa shape index (κ3) is 2.95. The van der Waals surface area contributed by atoms with Gasteiger partial charge in [-0.05, 0) is 31.0 Å². The van der Waals surface area contributed by atoms with E-state index in [9.17, 15) is 0 Å². The van der Waals surface area contributed by atoms with Crippen LogP contribution in [0.1, 0.15) is 18.4 Å². The first kappa shape index (κ1) is 13.2. The monoisotopic (exact) mass is 279 g/mol. The van der Waals surface area contributed by atoms with Gasteiger partial charge in [0.25, 0.3) is 0 Å². The average Bonchev–Trinajstić information content (AvgIpc) is 2.90. The lowest BCUT2D eigenvalue weighted by atomic mass is 10.2. The first-order valence-corrected chi connectivity index (χ1v) is 6.66. The van der Waals surface area contributed by atoms with Gasteiger partial charge in [0.1, 0.15) is 17.3 Å². The average molecular weight is 280 g/mol. The van der Waals surface area contributed by atoms with Crippen molar-refractivity contribution < 1.29 is 4.74 Å². The molecule has 1 saturated heterocycles. The molecule has 1 aromatic carbocycles. The summed E-state index contributed by atoms with van der Waals surface area (Å²) in [4.78, 5) is 2.98. The topological polar surface area (TPSA) is 12.5 Å². The summed E-state index contributed by atoms with van der Waals surface area (Å²) in [5, 5.41) is 0.652. The maximum absolute atomic E-state index is 6.03. The summed E-state index contributed by atoms with van der Waals surface area (Å²) in [6, 6.07) is 5.44. The Morgan fingerprint density at radius 3 is 2.83 bits per heavy atom. The second kappa shape index (κ2) is 6.08. The number of rotatable bonds is 3. The molecule has 1 aromatic rings. The van der Waals surface area contributed by atoms with Crippen molar-refractivity contribution in [3.63, 3.8) is 0 Å². The summed E-state index contributed by atoms with van der Waals surface area (Å²) < 4.78 is 5.51. The predicted octanol–water partition coefficient (Wildman–Crippen LogP) is 3.12. The molecule has 1 heterocycles. The number of hydrogen-bond acceptors (Lipinski definition) is 2. The largest absolute Gasteiger partial charge is 0.480 e. The van der Waals surface area contributed by atoms with Crippen molar-refractivity contribution in [3.05, 3.63) is 28.8 Å². The Morgan fingerprint density at radius 1 is 1.44 bits per heavy atom. The van der Waals surface area contributed by atoms with Gasteiger partial charge in [-0.3, -0.25) is 0 Å². The molecule has 0 atom stereocenters. The van der Waals surface area contributed by atoms with Crippen LogP contribution in [0.4, 0.5) is 0 Å². The molecular weight excluding hydrogens is 266 g/mol. The molecule has 0 amide bonds. The highest BCUT2D eigenvalue weighted by atomic mass is 35.5. The number of likely N-dealkylation sites (tertiary alicyclic amines) is 1. The number of nitrogens with zero attached hydrogens (tertiary/aromatic N) is 1. The fourth-order valence-corrected chi connectivity index (χ4v) is 2.52. The van der Waals surface area contributed by atoms with Crippen molar-refractivity contribution in [2.75, 3.05) is 19.7 Å². The van der Waals surface area contributed by atoms with Crippen molar-refractivity contribution in [3.8, 4) is 18.1 Å². The van der Waals surface area contributed by atoms with Gasteiger partial charge in [0, 0.05) is 18.1 Å². The molecule has 94 valence electrons. The predicted molar refractivity (Wildman–Crippen MR) is 78.3 cm³/mol. The molecule has 0 bridgehead atoms. The lowest BCUT2D eigenvalue weighted by Gasteiger charge is -2.20. The van der Waals surface area contributed by atoms with E-state index in [0.717, 1.165) is 23.6 Å². The van der Waals surface area contributed by atoms with E-state index in [1.165, 1.54) is 12.8 Å². The minimum atomic E-state index is 0.233. The summed E-state index contributed by atoms with van der Waals surface area (Å²) >= 11 is 11.5. The molecule has 4 heteroatoms. The fraction of sp³-hybridized carbons (Fsp3) is 0.357. The van der Waals surface area contributed by atoms with Crippen molar-refractivity contribution in [1.29, 1.82) is 0 Å². The molecule has 2 rings (SSSR count). The highest BCUT2D eigenvalue weighted by Gasteiger charge is 2.19. The van der Waals surface area contributed by atoms with Crippen molar-refractivity contribution in [2.45, 2.75) is 12.8 Å². The fourth-order valence-electron chi connectivity index (χ4n) is 2.01. The van der Waals surface area contributed by atoms with Crippen molar-refractivity contribution in [2.24, 2.45) is 0 Å². The number of hydrogen-bond donors (Lipinski definition) is 0. The van der Waals surface area contributed by atoms with Crippen LogP contribution < -0.4 is 4.74 Å². The van der Waals surface area contributed by atoms with Gasteiger partial charge >= 0.3 is 0 Å². The van der Waals surface area contributed by atoms with Gasteiger partial charge < -0.3 is 9.64 Å². The summed E-state index contributed by atoms with van der Waals surface area (Å²) in [5.74, 6) is 3.16. The maximum atomic E-state index is 6.03. The van der Waals surface area contributed by atoms with Gasteiger partial charge in [0.2, 0.25) is 0 Å². The van der Waals surface area contributed by atoms with Crippen LogP contribution >= 0.6 is 23.8 Å². The Hall–Kier alpha value is -1.24. The van der Waals surface area contributed by atoms with Gasteiger partial charge in [-0.1, -0.05) is 29.7 Å². The van der Waals surface area contributed by atoms with E-state index in [-0.39, 0.29) is 6.61 Å². The zero-order valence-corrected chi connectivity index (χ0v) is 11.6. The normalized spacial score (nSPS) is 14.3. The molecule has 1 aliphatic rings. The van der Waals surface area contributed by atoms with Crippen molar-refractivity contribution >= 4 is 28.8 Å². The minimum absolute atomic E-state index is 0.233. The van der Waals surface area contributed by atoms with Crippen LogP contribution in [0.15, 0.2) is 18.2 Å². The molecule has 0 aliphatic carbocycles. The molecule has 0 aromatic heterocycles. The van der Waals surface area contributed by atoms with Gasteiger partial charge in [0.15, 0.2) is 0 Å². The molecule has 0 spiro atoms. The molecule has 0 saturated carbocycles. The quantitative estimate of drug-likeness (QED) is 0.623. The number of halogens is 1. The first-order valence-electron chi connectivity index (χ1n) is 5.87. The van der Waals surface area contributed by atoms with E-state index < -0.39 is 0 Å². The highest BCUT2D eigenvalue weighted by Crippen LogP contribution is 2.26. The third-order valence-corrected chi connectivity index (χ3v) is 3.59. The number of benzene rings is 1. The van der Waals surface area contributed by atoms with Crippen LogP contribution in [-0.4, -0.2) is 29.6 Å². The summed E-state index contributed by atoms with van der Waals surface area (Å²) in [6.45, 7) is 2.23. The Bertz CT molecular complexity index is 489. The SMILES string of the molecule is C#CCOc1ccc(Cl)cc1C(=S)N1CCCC1. The molecule has 0 unspecified atom stereocenters. The van der Waals surface area contributed by atoms with Gasteiger partial charge in [-0.25, -0.2) is 0 Å².